The number of thioether (sulfide) groups is 1. The van der Waals surface area contributed by atoms with E-state index >= 15 is 0 Å². The van der Waals surface area contributed by atoms with E-state index in [1.165, 1.54) is 11.8 Å². The Morgan fingerprint density at radius 1 is 1.14 bits per heavy atom. The number of hydrogen-bond acceptors (Lipinski definition) is 4. The summed E-state index contributed by atoms with van der Waals surface area (Å²) in [6, 6.07) is 13.6. The average Bonchev–Trinajstić information content (AvgIpc) is 2.77. The quantitative estimate of drug-likeness (QED) is 0.642. The van der Waals surface area contributed by atoms with E-state index in [9.17, 15) is 4.79 Å². The van der Waals surface area contributed by atoms with Crippen molar-refractivity contribution in [3.8, 4) is 0 Å². The van der Waals surface area contributed by atoms with E-state index in [2.05, 4.69) is 4.98 Å². The first kappa shape index (κ1) is 14.0. The van der Waals surface area contributed by atoms with E-state index in [0.717, 1.165) is 11.1 Å². The fraction of sp³-hybridized carbons (Fsp3) is 0.0625. The van der Waals surface area contributed by atoms with Gasteiger partial charge in [0.25, 0.3) is 5.91 Å². The molecule has 3 rings (SSSR count). The van der Waals surface area contributed by atoms with Crippen LogP contribution in [0.25, 0.3) is 6.08 Å². The first-order chi connectivity index (χ1) is 10.2. The van der Waals surface area contributed by atoms with Crippen LogP contribution in [0.2, 0.25) is 0 Å². The Kier molecular flexibility index (Phi) is 4.13. The fourth-order valence-corrected chi connectivity index (χ4v) is 3.26. The highest BCUT2D eigenvalue weighted by atomic mass is 32.2. The lowest BCUT2D eigenvalue weighted by atomic mass is 10.2. The van der Waals surface area contributed by atoms with Crippen molar-refractivity contribution >= 4 is 40.3 Å². The Bertz CT molecular complexity index is 699. The summed E-state index contributed by atoms with van der Waals surface area (Å²) in [6.45, 7) is 0.485. The molecule has 0 atom stereocenters. The molecule has 2 aromatic rings. The van der Waals surface area contributed by atoms with E-state index < -0.39 is 0 Å². The SMILES string of the molecule is O=C1/C(=C/c2ccccc2)SC(=S)N1Cc1ccncc1. The van der Waals surface area contributed by atoms with Crippen molar-refractivity contribution in [1.82, 2.24) is 9.88 Å². The minimum atomic E-state index is -0.0364. The molecule has 1 fully saturated rings. The van der Waals surface area contributed by atoms with E-state index in [0.29, 0.717) is 15.8 Å². The van der Waals surface area contributed by atoms with Crippen LogP contribution in [-0.2, 0) is 11.3 Å². The van der Waals surface area contributed by atoms with Crippen molar-refractivity contribution in [3.63, 3.8) is 0 Å². The number of nitrogens with zero attached hydrogens (tertiary/aromatic N) is 2. The van der Waals surface area contributed by atoms with Gasteiger partial charge >= 0.3 is 0 Å². The Morgan fingerprint density at radius 2 is 1.86 bits per heavy atom. The van der Waals surface area contributed by atoms with Crippen LogP contribution in [0.15, 0.2) is 59.8 Å². The maximum Gasteiger partial charge on any atom is 0.266 e. The summed E-state index contributed by atoms with van der Waals surface area (Å²) in [5.41, 5.74) is 2.02. The lowest BCUT2D eigenvalue weighted by Gasteiger charge is -2.14. The highest BCUT2D eigenvalue weighted by Crippen LogP contribution is 2.33. The van der Waals surface area contributed by atoms with Crippen LogP contribution in [0.3, 0.4) is 0 Å². The lowest BCUT2D eigenvalue weighted by Crippen LogP contribution is -2.27. The Hall–Kier alpha value is -1.98. The van der Waals surface area contributed by atoms with Gasteiger partial charge in [0.1, 0.15) is 4.32 Å². The first-order valence-corrected chi connectivity index (χ1v) is 7.66. The predicted octanol–water partition coefficient (Wildman–Crippen LogP) is 3.48. The molecule has 1 aliphatic heterocycles. The minimum absolute atomic E-state index is 0.0364. The molecule has 0 bridgehead atoms. The summed E-state index contributed by atoms with van der Waals surface area (Å²) in [6.07, 6.45) is 5.31. The number of aromatic nitrogens is 1. The summed E-state index contributed by atoms with van der Waals surface area (Å²) in [4.78, 5) is 18.7. The monoisotopic (exact) mass is 312 g/mol. The maximum absolute atomic E-state index is 12.5. The molecule has 0 aliphatic carbocycles. The van der Waals surface area contributed by atoms with Gasteiger partial charge in [0.2, 0.25) is 0 Å². The number of rotatable bonds is 3. The van der Waals surface area contributed by atoms with Gasteiger partial charge in [-0.05, 0) is 29.3 Å². The molecule has 5 heteroatoms. The molecule has 1 aromatic carbocycles. The summed E-state index contributed by atoms with van der Waals surface area (Å²) in [7, 11) is 0. The van der Waals surface area contributed by atoms with Crippen molar-refractivity contribution < 1.29 is 4.79 Å². The van der Waals surface area contributed by atoms with Crippen molar-refractivity contribution in [2.75, 3.05) is 0 Å². The summed E-state index contributed by atoms with van der Waals surface area (Å²) < 4.78 is 0.596. The molecule has 1 aromatic heterocycles. The van der Waals surface area contributed by atoms with Gasteiger partial charge in [0, 0.05) is 12.4 Å². The topological polar surface area (TPSA) is 33.2 Å². The van der Waals surface area contributed by atoms with Crippen molar-refractivity contribution in [3.05, 3.63) is 70.9 Å². The predicted molar refractivity (Wildman–Crippen MR) is 89.4 cm³/mol. The number of carbonyl (C=O) groups excluding carboxylic acids is 1. The fourth-order valence-electron chi connectivity index (χ4n) is 2.01. The van der Waals surface area contributed by atoms with Gasteiger partial charge in [-0.25, -0.2) is 0 Å². The molecule has 0 radical (unpaired) electrons. The van der Waals surface area contributed by atoms with Gasteiger partial charge in [0.15, 0.2) is 0 Å². The number of hydrogen-bond donors (Lipinski definition) is 0. The number of amides is 1. The number of carbonyl (C=O) groups is 1. The van der Waals surface area contributed by atoms with Crippen LogP contribution in [0.4, 0.5) is 0 Å². The van der Waals surface area contributed by atoms with Gasteiger partial charge < -0.3 is 0 Å². The normalized spacial score (nSPS) is 16.8. The minimum Gasteiger partial charge on any atom is -0.288 e. The van der Waals surface area contributed by atoms with Crippen molar-refractivity contribution in [1.29, 1.82) is 0 Å². The van der Waals surface area contributed by atoms with Gasteiger partial charge in [-0.1, -0.05) is 54.3 Å². The first-order valence-electron chi connectivity index (χ1n) is 6.43. The molecular weight excluding hydrogens is 300 g/mol. The largest absolute Gasteiger partial charge is 0.288 e. The molecule has 1 amide bonds. The standard InChI is InChI=1S/C16H12N2OS2/c19-15-14(10-12-4-2-1-3-5-12)21-16(20)18(15)11-13-6-8-17-9-7-13/h1-10H,11H2/b14-10-. The van der Waals surface area contributed by atoms with Gasteiger partial charge in [-0.3, -0.25) is 14.7 Å². The van der Waals surface area contributed by atoms with Crippen molar-refractivity contribution in [2.24, 2.45) is 0 Å². The summed E-state index contributed by atoms with van der Waals surface area (Å²) >= 11 is 6.67. The van der Waals surface area contributed by atoms with E-state index in [4.69, 9.17) is 12.2 Å². The lowest BCUT2D eigenvalue weighted by molar-refractivity contribution is -0.122. The average molecular weight is 312 g/mol. The molecule has 104 valence electrons. The van der Waals surface area contributed by atoms with Gasteiger partial charge in [-0.2, -0.15) is 0 Å². The van der Waals surface area contributed by atoms with Gasteiger partial charge in [0.05, 0.1) is 11.4 Å². The smallest absolute Gasteiger partial charge is 0.266 e. The molecule has 1 saturated heterocycles. The molecule has 1 aliphatic rings. The van der Waals surface area contributed by atoms with Crippen LogP contribution < -0.4 is 0 Å². The Morgan fingerprint density at radius 3 is 2.57 bits per heavy atom. The van der Waals surface area contributed by atoms with Crippen LogP contribution in [0.1, 0.15) is 11.1 Å². The molecule has 0 saturated carbocycles. The molecule has 21 heavy (non-hydrogen) atoms. The highest BCUT2D eigenvalue weighted by molar-refractivity contribution is 8.26. The van der Waals surface area contributed by atoms with Crippen LogP contribution in [-0.4, -0.2) is 20.1 Å². The third-order valence-corrected chi connectivity index (χ3v) is 4.44. The maximum atomic E-state index is 12.5. The third-order valence-electron chi connectivity index (χ3n) is 3.06. The Labute approximate surface area is 132 Å². The van der Waals surface area contributed by atoms with Crippen LogP contribution >= 0.6 is 24.0 Å². The zero-order chi connectivity index (χ0) is 14.7. The van der Waals surface area contributed by atoms with E-state index in [-0.39, 0.29) is 5.91 Å². The number of benzene rings is 1. The van der Waals surface area contributed by atoms with Crippen molar-refractivity contribution in [2.45, 2.75) is 6.54 Å². The molecule has 3 nitrogen and oxygen atoms in total. The summed E-state index contributed by atoms with van der Waals surface area (Å²) in [5.74, 6) is -0.0364. The molecule has 0 N–H and O–H groups in total. The second-order valence-electron chi connectivity index (χ2n) is 4.53. The Balaban J connectivity index is 1.81. The number of pyridine rings is 1. The van der Waals surface area contributed by atoms with Gasteiger partial charge in [-0.15, -0.1) is 0 Å². The second-order valence-corrected chi connectivity index (χ2v) is 6.21. The zero-order valence-corrected chi connectivity index (χ0v) is 12.7. The molecule has 0 unspecified atom stereocenters. The third kappa shape index (κ3) is 3.20. The van der Waals surface area contributed by atoms with E-state index in [1.54, 1.807) is 17.3 Å². The molecule has 2 heterocycles. The summed E-state index contributed by atoms with van der Waals surface area (Å²) in [5, 5.41) is 0. The second kappa shape index (κ2) is 6.20. The van der Waals surface area contributed by atoms with E-state index in [1.807, 2.05) is 48.5 Å². The van der Waals surface area contributed by atoms with Crippen LogP contribution in [0, 0.1) is 0 Å². The van der Waals surface area contributed by atoms with Crippen LogP contribution in [0.5, 0.6) is 0 Å². The zero-order valence-electron chi connectivity index (χ0n) is 11.1. The molecule has 0 spiro atoms. The highest BCUT2D eigenvalue weighted by Gasteiger charge is 2.31. The molecular formula is C16H12N2OS2. The number of thiocarbonyl (C=S) groups is 1.